The second kappa shape index (κ2) is 5.66. The molecule has 1 heterocycles. The van der Waals surface area contributed by atoms with Crippen molar-refractivity contribution >= 4 is 16.5 Å². The third-order valence-corrected chi connectivity index (χ3v) is 4.20. The summed E-state index contributed by atoms with van der Waals surface area (Å²) < 4.78 is 13.0. The Kier molecular flexibility index (Phi) is 3.71. The van der Waals surface area contributed by atoms with Gasteiger partial charge < -0.3 is 5.73 Å². The fourth-order valence-corrected chi connectivity index (χ4v) is 3.10. The van der Waals surface area contributed by atoms with Gasteiger partial charge in [0.1, 0.15) is 5.82 Å². The first-order valence-electron chi connectivity index (χ1n) is 6.68. The van der Waals surface area contributed by atoms with E-state index in [2.05, 4.69) is 36.2 Å². The van der Waals surface area contributed by atoms with Crippen molar-refractivity contribution < 1.29 is 4.39 Å². The zero-order valence-corrected chi connectivity index (χ0v) is 12.5. The summed E-state index contributed by atoms with van der Waals surface area (Å²) in [5, 5.41) is 0.558. The molecule has 0 atom stereocenters. The molecule has 2 N–H and O–H groups in total. The highest BCUT2D eigenvalue weighted by atomic mass is 32.1. The molecule has 0 fully saturated rings. The van der Waals surface area contributed by atoms with Crippen LogP contribution in [0, 0.1) is 12.7 Å². The van der Waals surface area contributed by atoms with Crippen molar-refractivity contribution in [3.63, 3.8) is 0 Å². The average Bonchev–Trinajstić information content (AvgIpc) is 2.83. The predicted octanol–water partition coefficient (Wildman–Crippen LogP) is 4.43. The lowest BCUT2D eigenvalue weighted by Crippen LogP contribution is -1.90. The predicted molar refractivity (Wildman–Crippen MR) is 85.9 cm³/mol. The number of thiazole rings is 1. The van der Waals surface area contributed by atoms with E-state index in [0.717, 1.165) is 21.7 Å². The number of aryl methyl sites for hydroxylation is 1. The fourth-order valence-electron chi connectivity index (χ4n) is 2.21. The minimum Gasteiger partial charge on any atom is -0.375 e. The van der Waals surface area contributed by atoms with Gasteiger partial charge in [-0.1, -0.05) is 42.0 Å². The Hall–Kier alpha value is -2.20. The largest absolute Gasteiger partial charge is 0.375 e. The van der Waals surface area contributed by atoms with Gasteiger partial charge in [0.05, 0.1) is 5.69 Å². The van der Waals surface area contributed by atoms with Crippen LogP contribution in [0.4, 0.5) is 9.52 Å². The topological polar surface area (TPSA) is 38.9 Å². The number of nitrogens with two attached hydrogens (primary N) is 1. The van der Waals surface area contributed by atoms with Crippen LogP contribution >= 0.6 is 11.3 Å². The molecule has 0 unspecified atom stereocenters. The zero-order chi connectivity index (χ0) is 14.8. The molecule has 0 bridgehead atoms. The Morgan fingerprint density at radius 1 is 1.05 bits per heavy atom. The SMILES string of the molecule is Cc1ccc(-c2nc(N)sc2Cc2ccc(F)cc2)cc1. The van der Waals surface area contributed by atoms with Crippen LogP contribution < -0.4 is 5.73 Å². The second-order valence-corrected chi connectivity index (χ2v) is 6.11. The van der Waals surface area contributed by atoms with Crippen LogP contribution in [0.25, 0.3) is 11.3 Å². The molecular weight excluding hydrogens is 283 g/mol. The molecule has 2 nitrogen and oxygen atoms in total. The molecule has 2 aromatic carbocycles. The monoisotopic (exact) mass is 298 g/mol. The van der Waals surface area contributed by atoms with E-state index in [4.69, 9.17) is 5.73 Å². The van der Waals surface area contributed by atoms with E-state index in [1.165, 1.54) is 29.0 Å². The van der Waals surface area contributed by atoms with Crippen LogP contribution in [-0.2, 0) is 6.42 Å². The number of hydrogen-bond donors (Lipinski definition) is 1. The molecule has 3 aromatic rings. The van der Waals surface area contributed by atoms with Gasteiger partial charge in [0, 0.05) is 16.9 Å². The molecule has 106 valence electrons. The number of nitrogens with zero attached hydrogens (tertiary/aromatic N) is 1. The molecule has 0 radical (unpaired) electrons. The summed E-state index contributed by atoms with van der Waals surface area (Å²) >= 11 is 1.49. The van der Waals surface area contributed by atoms with Gasteiger partial charge in [0.25, 0.3) is 0 Å². The van der Waals surface area contributed by atoms with Crippen LogP contribution in [0.5, 0.6) is 0 Å². The Labute approximate surface area is 127 Å². The Bertz CT molecular complexity index is 745. The summed E-state index contributed by atoms with van der Waals surface area (Å²) in [5.41, 5.74) is 10.1. The van der Waals surface area contributed by atoms with Crippen molar-refractivity contribution in [2.45, 2.75) is 13.3 Å². The van der Waals surface area contributed by atoms with E-state index >= 15 is 0 Å². The molecule has 0 aliphatic carbocycles. The summed E-state index contributed by atoms with van der Waals surface area (Å²) in [7, 11) is 0. The molecule has 4 heteroatoms. The van der Waals surface area contributed by atoms with E-state index < -0.39 is 0 Å². The van der Waals surface area contributed by atoms with Crippen molar-refractivity contribution in [3.05, 3.63) is 70.4 Å². The maximum atomic E-state index is 13.0. The average molecular weight is 298 g/mol. The summed E-state index contributed by atoms with van der Waals surface area (Å²) in [4.78, 5) is 5.55. The Morgan fingerprint density at radius 2 is 1.71 bits per heavy atom. The lowest BCUT2D eigenvalue weighted by Gasteiger charge is -2.04. The normalized spacial score (nSPS) is 10.8. The van der Waals surface area contributed by atoms with Crippen molar-refractivity contribution in [1.29, 1.82) is 0 Å². The van der Waals surface area contributed by atoms with Crippen molar-refractivity contribution in [3.8, 4) is 11.3 Å². The second-order valence-electron chi connectivity index (χ2n) is 4.99. The number of hydrogen-bond acceptors (Lipinski definition) is 3. The van der Waals surface area contributed by atoms with Crippen molar-refractivity contribution in [2.75, 3.05) is 5.73 Å². The lowest BCUT2D eigenvalue weighted by molar-refractivity contribution is 0.627. The molecule has 21 heavy (non-hydrogen) atoms. The smallest absolute Gasteiger partial charge is 0.180 e. The third kappa shape index (κ3) is 3.11. The van der Waals surface area contributed by atoms with Crippen LogP contribution in [0.3, 0.4) is 0 Å². The first-order chi connectivity index (χ1) is 10.1. The first kappa shape index (κ1) is 13.8. The third-order valence-electron chi connectivity index (χ3n) is 3.32. The molecule has 0 aliphatic rings. The van der Waals surface area contributed by atoms with Gasteiger partial charge in [-0.15, -0.1) is 11.3 Å². The number of aromatic nitrogens is 1. The standard InChI is InChI=1S/C17H15FN2S/c1-11-2-6-13(7-3-11)16-15(21-17(19)20-16)10-12-4-8-14(18)9-5-12/h2-9H,10H2,1H3,(H2,19,20). The molecule has 0 saturated heterocycles. The zero-order valence-electron chi connectivity index (χ0n) is 11.6. The molecule has 0 saturated carbocycles. The summed E-state index contributed by atoms with van der Waals surface area (Å²) in [6.45, 7) is 2.05. The Morgan fingerprint density at radius 3 is 2.38 bits per heavy atom. The Balaban J connectivity index is 1.95. The van der Waals surface area contributed by atoms with Gasteiger partial charge in [-0.3, -0.25) is 0 Å². The minimum atomic E-state index is -0.221. The highest BCUT2D eigenvalue weighted by molar-refractivity contribution is 7.15. The van der Waals surface area contributed by atoms with E-state index in [-0.39, 0.29) is 5.82 Å². The molecule has 1 aromatic heterocycles. The van der Waals surface area contributed by atoms with Gasteiger partial charge >= 0.3 is 0 Å². The number of anilines is 1. The highest BCUT2D eigenvalue weighted by Crippen LogP contribution is 2.31. The molecule has 0 amide bonds. The maximum absolute atomic E-state index is 13.0. The van der Waals surface area contributed by atoms with Gasteiger partial charge in [-0.2, -0.15) is 0 Å². The van der Waals surface area contributed by atoms with Gasteiger partial charge in [0.15, 0.2) is 5.13 Å². The van der Waals surface area contributed by atoms with E-state index in [1.54, 1.807) is 12.1 Å². The molecule has 0 aliphatic heterocycles. The summed E-state index contributed by atoms with van der Waals surface area (Å²) in [5.74, 6) is -0.221. The van der Waals surface area contributed by atoms with Crippen molar-refractivity contribution in [1.82, 2.24) is 4.98 Å². The quantitative estimate of drug-likeness (QED) is 0.777. The number of nitrogen functional groups attached to an aromatic ring is 1. The van der Waals surface area contributed by atoms with Gasteiger partial charge in [-0.05, 0) is 24.6 Å². The van der Waals surface area contributed by atoms with Crippen LogP contribution in [0.15, 0.2) is 48.5 Å². The first-order valence-corrected chi connectivity index (χ1v) is 7.50. The van der Waals surface area contributed by atoms with Crippen LogP contribution in [0.2, 0.25) is 0 Å². The number of rotatable bonds is 3. The number of halogens is 1. The lowest BCUT2D eigenvalue weighted by atomic mass is 10.1. The molecular formula is C17H15FN2S. The summed E-state index contributed by atoms with van der Waals surface area (Å²) in [6, 6.07) is 14.8. The van der Waals surface area contributed by atoms with Gasteiger partial charge in [-0.25, -0.2) is 9.37 Å². The van der Waals surface area contributed by atoms with Crippen LogP contribution in [0.1, 0.15) is 16.0 Å². The van der Waals surface area contributed by atoms with E-state index in [0.29, 0.717) is 11.6 Å². The summed E-state index contributed by atoms with van der Waals surface area (Å²) in [6.07, 6.45) is 0.707. The van der Waals surface area contributed by atoms with Crippen LogP contribution in [-0.4, -0.2) is 4.98 Å². The molecule has 3 rings (SSSR count). The highest BCUT2D eigenvalue weighted by Gasteiger charge is 2.12. The van der Waals surface area contributed by atoms with Crippen molar-refractivity contribution in [2.24, 2.45) is 0 Å². The maximum Gasteiger partial charge on any atom is 0.180 e. The molecule has 0 spiro atoms. The van der Waals surface area contributed by atoms with Gasteiger partial charge in [0.2, 0.25) is 0 Å². The van der Waals surface area contributed by atoms with E-state index in [1.807, 2.05) is 0 Å². The fraction of sp³-hybridized carbons (Fsp3) is 0.118. The van der Waals surface area contributed by atoms with E-state index in [9.17, 15) is 4.39 Å². The number of benzene rings is 2. The minimum absolute atomic E-state index is 0.221.